The first-order valence-corrected chi connectivity index (χ1v) is 26.6. The SMILES string of the molecule is Cc1ccc(Nc2nc(-c3ccccc3N)cc(-c3cccc(N=Nc4ccc(Oc5ccc(N=Nc6ccc(O)c(C(=O)O)c6)c(-c6ccnc(Nc7ccc(C(=O)O)cc7)n6)c5)c(C(=O)O)c4)c3-c3ccnc(Nc4ccc(C)cc4)n3)n2)cc1. The van der Waals surface area contributed by atoms with Gasteiger partial charge in [0.15, 0.2) is 0 Å². The number of carbonyl (C=O) groups is 3. The van der Waals surface area contributed by atoms with E-state index >= 15 is 0 Å². The lowest BCUT2D eigenvalue weighted by molar-refractivity contribution is 0.0682. The summed E-state index contributed by atoms with van der Waals surface area (Å²) in [5.74, 6) is -3.44. The summed E-state index contributed by atoms with van der Waals surface area (Å²) < 4.78 is 6.31. The molecule has 0 aliphatic heterocycles. The normalized spacial score (nSPS) is 11.1. The molecule has 0 radical (unpaired) electrons. The minimum Gasteiger partial charge on any atom is -0.507 e. The zero-order valence-corrected chi connectivity index (χ0v) is 46.0. The standard InChI is InChI=1S/C65H48N14O8/c1-36-10-16-39(17-11-36)69-64-68-31-29-53(73-64)59-46(56-35-55(45-6-3-4-8-50(45)66)74-65(75-56)71-40-18-12-37(2)13-19-40)7-5-9-54(59)79-77-43-23-27-58(49(33-43)62(85)86)87-44-24-25-52(78-76-42-22-26-57(80)48(32-42)61(83)84)47(34-44)51-28-30-67-63(72-51)70-41-20-14-38(15-21-41)60(81)82/h3-35,80H,66H2,1-2H3,(H,81,82)(H,83,84)(H,85,86)(H,67,70,72)(H,68,69,73)(H,71,74,75). The second-order valence-corrected chi connectivity index (χ2v) is 19.4. The number of aromatic carboxylic acids is 3. The molecule has 0 spiro atoms. The number of aryl methyl sites for hydroxylation is 2. The number of nitrogens with one attached hydrogen (secondary N) is 3. The van der Waals surface area contributed by atoms with Crippen LogP contribution >= 0.6 is 0 Å². The number of aromatic nitrogens is 6. The van der Waals surface area contributed by atoms with E-state index in [-0.39, 0.29) is 51.2 Å². The van der Waals surface area contributed by atoms with E-state index in [1.807, 2.05) is 92.7 Å². The Morgan fingerprint density at radius 2 is 1.00 bits per heavy atom. The number of phenols is 1. The molecule has 11 rings (SSSR count). The summed E-state index contributed by atoms with van der Waals surface area (Å²) in [6, 6.07) is 52.3. The predicted octanol–water partition coefficient (Wildman–Crippen LogP) is 15.6. The molecule has 0 aliphatic rings. The third-order valence-electron chi connectivity index (χ3n) is 13.3. The number of para-hydroxylation sites is 1. The number of nitrogen functional groups attached to an aromatic ring is 1. The lowest BCUT2D eigenvalue weighted by atomic mass is 9.98. The number of carboxylic acid groups (broad SMARTS) is 3. The largest absolute Gasteiger partial charge is 0.507 e. The van der Waals surface area contributed by atoms with Gasteiger partial charge < -0.3 is 46.8 Å². The molecular formula is C65H48N14O8. The van der Waals surface area contributed by atoms with E-state index < -0.39 is 23.7 Å². The molecule has 3 heterocycles. The molecule has 11 aromatic rings. The summed E-state index contributed by atoms with van der Waals surface area (Å²) >= 11 is 0. The molecule has 22 heteroatoms. The lowest BCUT2D eigenvalue weighted by Crippen LogP contribution is -2.03. The minimum absolute atomic E-state index is 0.0622. The zero-order valence-electron chi connectivity index (χ0n) is 46.0. The number of rotatable bonds is 19. The second kappa shape index (κ2) is 24.9. The van der Waals surface area contributed by atoms with Gasteiger partial charge in [0.05, 0.1) is 51.1 Å². The van der Waals surface area contributed by atoms with Crippen LogP contribution in [0.25, 0.3) is 45.0 Å². The molecule has 0 amide bonds. The third kappa shape index (κ3) is 13.4. The fourth-order valence-corrected chi connectivity index (χ4v) is 8.91. The van der Waals surface area contributed by atoms with E-state index in [0.29, 0.717) is 74.0 Å². The molecule has 0 saturated heterocycles. The molecule has 22 nitrogen and oxygen atoms in total. The molecule has 0 aliphatic carbocycles. The molecule has 3 aromatic heterocycles. The molecule has 426 valence electrons. The van der Waals surface area contributed by atoms with E-state index in [0.717, 1.165) is 28.6 Å². The van der Waals surface area contributed by atoms with E-state index in [4.69, 9.17) is 30.5 Å². The number of nitrogens with zero attached hydrogens (tertiary/aromatic N) is 10. The molecule has 8 aromatic carbocycles. The van der Waals surface area contributed by atoms with Gasteiger partial charge in [-0.2, -0.15) is 10.2 Å². The number of hydrogen-bond donors (Lipinski definition) is 8. The van der Waals surface area contributed by atoms with Crippen molar-refractivity contribution >= 4 is 81.3 Å². The van der Waals surface area contributed by atoms with Crippen molar-refractivity contribution in [2.45, 2.75) is 13.8 Å². The third-order valence-corrected chi connectivity index (χ3v) is 13.3. The van der Waals surface area contributed by atoms with Gasteiger partial charge in [0, 0.05) is 57.4 Å². The van der Waals surface area contributed by atoms with Gasteiger partial charge in [0.2, 0.25) is 17.8 Å². The Kier molecular flexibility index (Phi) is 16.1. The Morgan fingerprint density at radius 3 is 1.63 bits per heavy atom. The van der Waals surface area contributed by atoms with Crippen molar-refractivity contribution in [2.24, 2.45) is 20.5 Å². The van der Waals surface area contributed by atoms with Crippen LogP contribution in [-0.4, -0.2) is 68.2 Å². The number of carboxylic acids is 3. The molecule has 0 fully saturated rings. The summed E-state index contributed by atoms with van der Waals surface area (Å²) in [5.41, 5.74) is 15.4. The predicted molar refractivity (Wildman–Crippen MR) is 328 cm³/mol. The maximum absolute atomic E-state index is 13.1. The highest BCUT2D eigenvalue weighted by Crippen LogP contribution is 2.42. The number of ether oxygens (including phenoxy) is 1. The maximum Gasteiger partial charge on any atom is 0.339 e. The van der Waals surface area contributed by atoms with Gasteiger partial charge in [-0.15, -0.1) is 10.2 Å². The average Bonchev–Trinajstić information content (AvgIpc) is 3.17. The fourth-order valence-electron chi connectivity index (χ4n) is 8.91. The Balaban J connectivity index is 0.963. The molecule has 0 saturated carbocycles. The van der Waals surface area contributed by atoms with Gasteiger partial charge in [0.1, 0.15) is 28.4 Å². The monoisotopic (exact) mass is 1150 g/mol. The highest BCUT2D eigenvalue weighted by Gasteiger charge is 2.21. The van der Waals surface area contributed by atoms with Gasteiger partial charge in [-0.05, 0) is 147 Å². The number of hydrogen-bond acceptors (Lipinski definition) is 19. The van der Waals surface area contributed by atoms with Crippen LogP contribution in [0.2, 0.25) is 0 Å². The molecule has 0 bridgehead atoms. The van der Waals surface area contributed by atoms with Crippen LogP contribution in [0.3, 0.4) is 0 Å². The van der Waals surface area contributed by atoms with Crippen LogP contribution in [0.5, 0.6) is 17.2 Å². The Hall–Kier alpha value is -12.6. The molecule has 9 N–H and O–H groups in total. The van der Waals surface area contributed by atoms with Crippen LogP contribution in [0.4, 0.5) is 63.3 Å². The highest BCUT2D eigenvalue weighted by molar-refractivity contribution is 5.94. The van der Waals surface area contributed by atoms with Crippen LogP contribution in [-0.2, 0) is 0 Å². The van der Waals surface area contributed by atoms with Crippen LogP contribution < -0.4 is 26.4 Å². The number of aromatic hydroxyl groups is 1. The van der Waals surface area contributed by atoms with E-state index in [1.165, 1.54) is 48.7 Å². The maximum atomic E-state index is 13.1. The smallest absolute Gasteiger partial charge is 0.339 e. The number of anilines is 7. The first-order valence-electron chi connectivity index (χ1n) is 26.6. The quantitative estimate of drug-likeness (QED) is 0.0275. The summed E-state index contributed by atoms with van der Waals surface area (Å²) in [6.07, 6.45) is 3.10. The highest BCUT2D eigenvalue weighted by atomic mass is 16.5. The van der Waals surface area contributed by atoms with Crippen LogP contribution in [0.1, 0.15) is 42.2 Å². The van der Waals surface area contributed by atoms with Crippen molar-refractivity contribution in [2.75, 3.05) is 21.7 Å². The lowest BCUT2D eigenvalue weighted by Gasteiger charge is -2.15. The number of nitrogens with two attached hydrogens (primary N) is 1. The number of azo groups is 2. The Labute approximate surface area is 495 Å². The number of benzene rings is 8. The zero-order chi connectivity index (χ0) is 60.6. The van der Waals surface area contributed by atoms with E-state index in [1.54, 1.807) is 66.9 Å². The van der Waals surface area contributed by atoms with Crippen molar-refractivity contribution in [3.63, 3.8) is 0 Å². The van der Waals surface area contributed by atoms with Gasteiger partial charge in [-0.3, -0.25) is 0 Å². The minimum atomic E-state index is -1.37. The fraction of sp³-hybridized carbons (Fsp3) is 0.0308. The van der Waals surface area contributed by atoms with Crippen LogP contribution in [0, 0.1) is 13.8 Å². The van der Waals surface area contributed by atoms with Gasteiger partial charge in [-0.25, -0.2) is 44.3 Å². The summed E-state index contributed by atoms with van der Waals surface area (Å²) in [7, 11) is 0. The van der Waals surface area contributed by atoms with Gasteiger partial charge in [0.25, 0.3) is 0 Å². The van der Waals surface area contributed by atoms with Crippen molar-refractivity contribution in [3.05, 3.63) is 228 Å². The molecule has 0 unspecified atom stereocenters. The van der Waals surface area contributed by atoms with E-state index in [9.17, 15) is 34.8 Å². The summed E-state index contributed by atoms with van der Waals surface area (Å²) in [4.78, 5) is 64.9. The molecule has 87 heavy (non-hydrogen) atoms. The topological polar surface area (TPSA) is 330 Å². The van der Waals surface area contributed by atoms with Crippen molar-refractivity contribution < 1.29 is 39.5 Å². The average molecular weight is 1150 g/mol. The van der Waals surface area contributed by atoms with Gasteiger partial charge in [-0.1, -0.05) is 65.7 Å². The first-order chi connectivity index (χ1) is 42.2. The Morgan fingerprint density at radius 1 is 0.460 bits per heavy atom. The first kappa shape index (κ1) is 56.3. The van der Waals surface area contributed by atoms with Crippen molar-refractivity contribution in [1.29, 1.82) is 0 Å². The second-order valence-electron chi connectivity index (χ2n) is 19.4. The van der Waals surface area contributed by atoms with Gasteiger partial charge >= 0.3 is 17.9 Å². The van der Waals surface area contributed by atoms with Crippen molar-refractivity contribution in [3.8, 4) is 62.3 Å². The molecular weight excluding hydrogens is 1100 g/mol. The Bertz CT molecular complexity index is 4510. The van der Waals surface area contributed by atoms with Crippen LogP contribution in [0.15, 0.2) is 221 Å². The van der Waals surface area contributed by atoms with Crippen molar-refractivity contribution in [1.82, 2.24) is 29.9 Å². The molecule has 0 atom stereocenters. The summed E-state index contributed by atoms with van der Waals surface area (Å²) in [5, 5.41) is 67.5. The van der Waals surface area contributed by atoms with E-state index in [2.05, 4.69) is 46.2 Å². The summed E-state index contributed by atoms with van der Waals surface area (Å²) in [6.45, 7) is 4.00.